The van der Waals surface area contributed by atoms with E-state index in [1.54, 1.807) is 7.05 Å². The molecule has 1 atom stereocenters. The van der Waals surface area contributed by atoms with Gasteiger partial charge in [-0.25, -0.2) is 8.42 Å². The Hall–Kier alpha value is -0.330. The second-order valence-electron chi connectivity index (χ2n) is 5.58. The van der Waals surface area contributed by atoms with Crippen molar-refractivity contribution in [3.63, 3.8) is 0 Å². The summed E-state index contributed by atoms with van der Waals surface area (Å²) in [4.78, 5) is 0.0483. The van der Waals surface area contributed by atoms with Crippen LogP contribution in [0.2, 0.25) is 10.0 Å². The summed E-state index contributed by atoms with van der Waals surface area (Å²) in [6.45, 7) is 6.15. The Morgan fingerprint density at radius 1 is 1.19 bits per heavy atom. The van der Waals surface area contributed by atoms with E-state index in [9.17, 15) is 8.42 Å². The van der Waals surface area contributed by atoms with E-state index in [2.05, 4.69) is 13.8 Å². The van der Waals surface area contributed by atoms with E-state index in [0.29, 0.717) is 16.5 Å². The van der Waals surface area contributed by atoms with E-state index in [1.807, 2.05) is 6.92 Å². The fourth-order valence-electron chi connectivity index (χ4n) is 2.15. The van der Waals surface area contributed by atoms with Crippen LogP contribution in [0.1, 0.15) is 32.8 Å². The van der Waals surface area contributed by atoms with E-state index in [0.717, 1.165) is 6.42 Å². The third kappa shape index (κ3) is 4.33. The predicted octanol–water partition coefficient (Wildman–Crippen LogP) is 3.51. The maximum Gasteiger partial charge on any atom is 0.244 e. The molecule has 1 rings (SSSR count). The molecule has 0 fully saturated rings. The largest absolute Gasteiger partial charge is 0.326 e. The van der Waals surface area contributed by atoms with Gasteiger partial charge in [-0.15, -0.1) is 0 Å². The van der Waals surface area contributed by atoms with Crippen LogP contribution in [0.4, 0.5) is 0 Å². The predicted molar refractivity (Wildman–Crippen MR) is 88.2 cm³/mol. The van der Waals surface area contributed by atoms with Crippen molar-refractivity contribution in [2.24, 2.45) is 11.7 Å². The molecule has 21 heavy (non-hydrogen) atoms. The molecule has 1 unspecified atom stereocenters. The minimum absolute atomic E-state index is 0.0483. The maximum absolute atomic E-state index is 12.7. The zero-order valence-corrected chi connectivity index (χ0v) is 15.1. The molecule has 0 aromatic heterocycles. The lowest BCUT2D eigenvalue weighted by Crippen LogP contribution is -2.36. The molecule has 7 heteroatoms. The van der Waals surface area contributed by atoms with Crippen molar-refractivity contribution in [2.75, 3.05) is 7.05 Å². The first-order chi connectivity index (χ1) is 9.61. The standard InChI is InChI=1S/C14H22Cl2N2O2S/c1-9(2)5-10(3)18(4)21(19,20)14-6-11(8-17)12(15)7-13(14)16/h6-7,9-10H,5,8,17H2,1-4H3. The average molecular weight is 353 g/mol. The quantitative estimate of drug-likeness (QED) is 0.851. The normalized spacial score (nSPS) is 14.0. The number of hydrogen-bond acceptors (Lipinski definition) is 3. The van der Waals surface area contributed by atoms with Crippen LogP contribution in [-0.4, -0.2) is 25.8 Å². The topological polar surface area (TPSA) is 63.4 Å². The van der Waals surface area contributed by atoms with Gasteiger partial charge in [-0.3, -0.25) is 0 Å². The number of rotatable bonds is 6. The summed E-state index contributed by atoms with van der Waals surface area (Å²) < 4.78 is 26.8. The Morgan fingerprint density at radius 2 is 1.76 bits per heavy atom. The van der Waals surface area contributed by atoms with Crippen LogP contribution < -0.4 is 5.73 Å². The van der Waals surface area contributed by atoms with Crippen molar-refractivity contribution in [3.8, 4) is 0 Å². The van der Waals surface area contributed by atoms with Crippen molar-refractivity contribution < 1.29 is 8.42 Å². The molecule has 1 aromatic rings. The van der Waals surface area contributed by atoms with Crippen molar-refractivity contribution in [2.45, 2.75) is 44.7 Å². The number of nitrogens with zero attached hydrogens (tertiary/aromatic N) is 1. The highest BCUT2D eigenvalue weighted by atomic mass is 35.5. The molecule has 0 aliphatic rings. The molecule has 0 radical (unpaired) electrons. The molecule has 0 saturated carbocycles. The van der Waals surface area contributed by atoms with E-state index in [1.165, 1.54) is 16.4 Å². The zero-order valence-electron chi connectivity index (χ0n) is 12.7. The van der Waals surface area contributed by atoms with Gasteiger partial charge in [0.15, 0.2) is 0 Å². The molecule has 0 heterocycles. The van der Waals surface area contributed by atoms with Crippen LogP contribution in [0.5, 0.6) is 0 Å². The summed E-state index contributed by atoms with van der Waals surface area (Å²) in [7, 11) is -2.11. The summed E-state index contributed by atoms with van der Waals surface area (Å²) in [6, 6.07) is 2.76. The molecule has 0 aliphatic heterocycles. The van der Waals surface area contributed by atoms with Crippen LogP contribution in [0, 0.1) is 5.92 Å². The minimum Gasteiger partial charge on any atom is -0.326 e. The first-order valence-corrected chi connectivity index (χ1v) is 8.96. The van der Waals surface area contributed by atoms with Crippen molar-refractivity contribution in [1.82, 2.24) is 4.31 Å². The summed E-state index contributed by atoms with van der Waals surface area (Å²) in [5.41, 5.74) is 6.14. The molecule has 0 saturated heterocycles. The highest BCUT2D eigenvalue weighted by molar-refractivity contribution is 7.89. The lowest BCUT2D eigenvalue weighted by atomic mass is 10.1. The fraction of sp³-hybridized carbons (Fsp3) is 0.571. The molecule has 4 nitrogen and oxygen atoms in total. The summed E-state index contributed by atoms with van der Waals surface area (Å²) in [5.74, 6) is 0.401. The summed E-state index contributed by atoms with van der Waals surface area (Å²) in [5, 5.41) is 0.486. The second-order valence-corrected chi connectivity index (χ2v) is 8.36. The zero-order chi connectivity index (χ0) is 16.4. The Kier molecular flexibility index (Phi) is 6.50. The van der Waals surface area contributed by atoms with Crippen LogP contribution in [-0.2, 0) is 16.6 Å². The summed E-state index contributed by atoms with van der Waals surface area (Å²) in [6.07, 6.45) is 0.769. The average Bonchev–Trinajstić information content (AvgIpc) is 2.36. The smallest absolute Gasteiger partial charge is 0.244 e. The molecule has 120 valence electrons. The van der Waals surface area contributed by atoms with Gasteiger partial charge in [-0.05, 0) is 37.0 Å². The van der Waals surface area contributed by atoms with Crippen molar-refractivity contribution in [1.29, 1.82) is 0 Å². The van der Waals surface area contributed by atoms with Crippen molar-refractivity contribution >= 4 is 33.2 Å². The van der Waals surface area contributed by atoms with Gasteiger partial charge in [0, 0.05) is 24.7 Å². The third-order valence-corrected chi connectivity index (χ3v) is 6.20. The molecule has 0 amide bonds. The van der Waals surface area contributed by atoms with Crippen LogP contribution >= 0.6 is 23.2 Å². The van der Waals surface area contributed by atoms with Gasteiger partial charge in [0.05, 0.1) is 5.02 Å². The van der Waals surface area contributed by atoms with Crippen LogP contribution in [0.3, 0.4) is 0 Å². The van der Waals surface area contributed by atoms with E-state index in [4.69, 9.17) is 28.9 Å². The number of benzene rings is 1. The molecular weight excluding hydrogens is 331 g/mol. The monoisotopic (exact) mass is 352 g/mol. The third-order valence-electron chi connectivity index (χ3n) is 3.41. The second kappa shape index (κ2) is 7.29. The first kappa shape index (κ1) is 18.7. The van der Waals surface area contributed by atoms with Crippen LogP contribution in [0.25, 0.3) is 0 Å². The minimum atomic E-state index is -3.68. The number of nitrogens with two attached hydrogens (primary N) is 1. The Balaban J connectivity index is 3.24. The van der Waals surface area contributed by atoms with Gasteiger partial charge < -0.3 is 5.73 Å². The molecule has 0 aliphatic carbocycles. The number of hydrogen-bond donors (Lipinski definition) is 1. The van der Waals surface area contributed by atoms with Gasteiger partial charge >= 0.3 is 0 Å². The maximum atomic E-state index is 12.7. The number of halogens is 2. The van der Waals surface area contributed by atoms with Crippen molar-refractivity contribution in [3.05, 3.63) is 27.7 Å². The Labute approximate surface area is 137 Å². The molecule has 0 spiro atoms. The first-order valence-electron chi connectivity index (χ1n) is 6.77. The molecule has 0 bridgehead atoms. The Morgan fingerprint density at radius 3 is 2.24 bits per heavy atom. The lowest BCUT2D eigenvalue weighted by molar-refractivity contribution is 0.338. The van der Waals surface area contributed by atoms with Gasteiger partial charge in [0.25, 0.3) is 0 Å². The highest BCUT2D eigenvalue weighted by Gasteiger charge is 2.28. The van der Waals surface area contributed by atoms with E-state index >= 15 is 0 Å². The van der Waals surface area contributed by atoms with Gasteiger partial charge in [-0.1, -0.05) is 37.0 Å². The van der Waals surface area contributed by atoms with E-state index < -0.39 is 10.0 Å². The Bertz CT molecular complexity index is 603. The molecule has 2 N–H and O–H groups in total. The van der Waals surface area contributed by atoms with Crippen LogP contribution in [0.15, 0.2) is 17.0 Å². The summed E-state index contributed by atoms with van der Waals surface area (Å²) >= 11 is 12.1. The van der Waals surface area contributed by atoms with Gasteiger partial charge in [-0.2, -0.15) is 4.31 Å². The highest BCUT2D eigenvalue weighted by Crippen LogP contribution is 2.31. The number of sulfonamides is 1. The molecular formula is C14H22Cl2N2O2S. The van der Waals surface area contributed by atoms with Gasteiger partial charge in [0.1, 0.15) is 4.90 Å². The lowest BCUT2D eigenvalue weighted by Gasteiger charge is -2.26. The van der Waals surface area contributed by atoms with Gasteiger partial charge in [0.2, 0.25) is 10.0 Å². The SMILES string of the molecule is CC(C)CC(C)N(C)S(=O)(=O)c1cc(CN)c(Cl)cc1Cl. The van der Waals surface area contributed by atoms with E-state index in [-0.39, 0.29) is 22.5 Å². The fourth-order valence-corrected chi connectivity index (χ4v) is 4.37. The molecule has 1 aromatic carbocycles.